The second-order valence-corrected chi connectivity index (χ2v) is 9.63. The molecular formula is C24H23BrN4O6. The lowest BCUT2D eigenvalue weighted by atomic mass is 9.81. The molecule has 2 fully saturated rings. The molecule has 0 saturated carbocycles. The standard InChI is InChI=1S/C24H23BrN4O6/c1-33-23(32)15-2-4-18(5-3-15)35-11-21(30)26-20-10-28(12-24(20)13-34-14-24)22(31)19-9-17-8-16(25)6-7-29(17)27-19/h2-9,20H,10-14H2,1H3,(H,26,30). The summed E-state index contributed by atoms with van der Waals surface area (Å²) in [5, 5.41) is 7.41. The summed E-state index contributed by atoms with van der Waals surface area (Å²) in [7, 11) is 1.31. The number of nitrogens with one attached hydrogen (secondary N) is 1. The Morgan fingerprint density at radius 3 is 2.66 bits per heavy atom. The van der Waals surface area contributed by atoms with Crippen molar-refractivity contribution >= 4 is 39.2 Å². The van der Waals surface area contributed by atoms with Crippen LogP contribution in [0.1, 0.15) is 20.8 Å². The third-order valence-corrected chi connectivity index (χ3v) is 6.83. The molecule has 5 rings (SSSR count). The summed E-state index contributed by atoms with van der Waals surface area (Å²) in [5.74, 6) is -0.477. The Bertz CT molecular complexity index is 1290. The van der Waals surface area contributed by atoms with Crippen LogP contribution in [0.25, 0.3) is 5.52 Å². The van der Waals surface area contributed by atoms with Gasteiger partial charge in [-0.15, -0.1) is 0 Å². The minimum Gasteiger partial charge on any atom is -0.484 e. The first-order chi connectivity index (χ1) is 16.9. The number of halogens is 1. The molecule has 2 saturated heterocycles. The van der Waals surface area contributed by atoms with E-state index in [1.54, 1.807) is 45.9 Å². The molecule has 1 atom stereocenters. The zero-order valence-electron chi connectivity index (χ0n) is 18.9. The van der Waals surface area contributed by atoms with Crippen LogP contribution in [-0.2, 0) is 14.3 Å². The Morgan fingerprint density at radius 1 is 1.20 bits per heavy atom. The molecule has 2 amide bonds. The molecule has 0 bridgehead atoms. The highest BCUT2D eigenvalue weighted by atomic mass is 79.9. The molecule has 1 unspecified atom stereocenters. The highest BCUT2D eigenvalue weighted by molar-refractivity contribution is 9.10. The number of esters is 1. The Hall–Kier alpha value is -3.44. The summed E-state index contributed by atoms with van der Waals surface area (Å²) in [6.45, 7) is 1.58. The van der Waals surface area contributed by atoms with Crippen LogP contribution in [0, 0.1) is 5.41 Å². The number of hydrogen-bond acceptors (Lipinski definition) is 7. The van der Waals surface area contributed by atoms with E-state index in [1.807, 2.05) is 12.1 Å². The van der Waals surface area contributed by atoms with Crippen LogP contribution in [0.5, 0.6) is 5.75 Å². The average molecular weight is 543 g/mol. The third kappa shape index (κ3) is 4.61. The molecule has 2 aliphatic heterocycles. The molecule has 3 aromatic rings. The quantitative estimate of drug-likeness (QED) is 0.473. The number of nitrogens with zero attached hydrogens (tertiary/aromatic N) is 3. The van der Waals surface area contributed by atoms with Crippen LogP contribution >= 0.6 is 15.9 Å². The number of hydrogen-bond donors (Lipinski definition) is 1. The molecule has 2 aromatic heterocycles. The number of likely N-dealkylation sites (tertiary alicyclic amines) is 1. The number of benzene rings is 1. The van der Waals surface area contributed by atoms with Crippen LogP contribution in [-0.4, -0.2) is 78.4 Å². The van der Waals surface area contributed by atoms with Gasteiger partial charge in [-0.3, -0.25) is 9.59 Å². The van der Waals surface area contributed by atoms with E-state index in [0.29, 0.717) is 43.3 Å². The zero-order valence-corrected chi connectivity index (χ0v) is 20.5. The van der Waals surface area contributed by atoms with Gasteiger partial charge >= 0.3 is 5.97 Å². The monoisotopic (exact) mass is 542 g/mol. The summed E-state index contributed by atoms with van der Waals surface area (Å²) >= 11 is 3.43. The van der Waals surface area contributed by atoms with Gasteiger partial charge in [0.2, 0.25) is 0 Å². The van der Waals surface area contributed by atoms with Gasteiger partial charge in [0.1, 0.15) is 5.75 Å². The number of ether oxygens (including phenoxy) is 3. The molecule has 11 heteroatoms. The third-order valence-electron chi connectivity index (χ3n) is 6.34. The van der Waals surface area contributed by atoms with Gasteiger partial charge in [-0.25, -0.2) is 9.31 Å². The number of fused-ring (bicyclic) bond motifs is 1. The minimum absolute atomic E-state index is 0.185. The fourth-order valence-electron chi connectivity index (χ4n) is 4.40. The minimum atomic E-state index is -0.445. The van der Waals surface area contributed by atoms with Crippen LogP contribution in [0.4, 0.5) is 0 Å². The molecule has 1 aromatic carbocycles. The molecule has 0 aliphatic carbocycles. The van der Waals surface area contributed by atoms with Gasteiger partial charge in [-0.05, 0) is 42.5 Å². The van der Waals surface area contributed by atoms with Crippen LogP contribution in [0.2, 0.25) is 0 Å². The van der Waals surface area contributed by atoms with E-state index in [0.717, 1.165) is 9.99 Å². The lowest BCUT2D eigenvalue weighted by Gasteiger charge is -2.42. The van der Waals surface area contributed by atoms with Gasteiger partial charge in [-0.2, -0.15) is 5.10 Å². The van der Waals surface area contributed by atoms with Crippen molar-refractivity contribution in [3.05, 3.63) is 64.4 Å². The van der Waals surface area contributed by atoms with Crippen molar-refractivity contribution < 1.29 is 28.6 Å². The lowest BCUT2D eigenvalue weighted by Crippen LogP contribution is -2.58. The maximum Gasteiger partial charge on any atom is 0.337 e. The molecule has 1 spiro atoms. The Labute approximate surface area is 209 Å². The molecule has 0 radical (unpaired) electrons. The van der Waals surface area contributed by atoms with Crippen LogP contribution < -0.4 is 10.1 Å². The van der Waals surface area contributed by atoms with E-state index >= 15 is 0 Å². The van der Waals surface area contributed by atoms with E-state index < -0.39 is 5.97 Å². The maximum absolute atomic E-state index is 13.2. The van der Waals surface area contributed by atoms with Crippen molar-refractivity contribution in [2.45, 2.75) is 6.04 Å². The second kappa shape index (κ2) is 9.31. The predicted octanol–water partition coefficient (Wildman–Crippen LogP) is 1.92. The van der Waals surface area contributed by atoms with Gasteiger partial charge in [-0.1, -0.05) is 15.9 Å². The van der Waals surface area contributed by atoms with Gasteiger partial charge in [0, 0.05) is 23.8 Å². The summed E-state index contributed by atoms with van der Waals surface area (Å²) < 4.78 is 18.2. The highest BCUT2D eigenvalue weighted by Crippen LogP contribution is 2.38. The number of rotatable bonds is 6. The molecule has 35 heavy (non-hydrogen) atoms. The number of carbonyl (C=O) groups excluding carboxylic acids is 3. The zero-order chi connectivity index (χ0) is 24.6. The fourth-order valence-corrected chi connectivity index (χ4v) is 4.76. The summed E-state index contributed by atoms with van der Waals surface area (Å²) in [5.41, 5.74) is 1.23. The molecule has 2 aliphatic rings. The van der Waals surface area contributed by atoms with Crippen molar-refractivity contribution in [1.82, 2.24) is 19.8 Å². The molecule has 182 valence electrons. The average Bonchev–Trinajstić information content (AvgIpc) is 3.43. The molecule has 10 nitrogen and oxygen atoms in total. The summed E-state index contributed by atoms with van der Waals surface area (Å²) in [6.07, 6.45) is 1.79. The van der Waals surface area contributed by atoms with Crippen LogP contribution in [0.15, 0.2) is 53.1 Å². The maximum atomic E-state index is 13.2. The number of aromatic nitrogens is 2. The number of methoxy groups -OCH3 is 1. The van der Waals surface area contributed by atoms with Crippen molar-refractivity contribution in [2.24, 2.45) is 5.41 Å². The SMILES string of the molecule is COC(=O)c1ccc(OCC(=O)NC2CN(C(=O)c3cc4cc(Br)ccn4n3)CC23COC3)cc1. The van der Waals surface area contributed by atoms with Crippen LogP contribution in [0.3, 0.4) is 0 Å². The van der Waals surface area contributed by atoms with Gasteiger partial charge in [0.15, 0.2) is 12.3 Å². The van der Waals surface area contributed by atoms with E-state index in [2.05, 4.69) is 31.1 Å². The van der Waals surface area contributed by atoms with Crippen molar-refractivity contribution in [2.75, 3.05) is 40.0 Å². The highest BCUT2D eigenvalue weighted by Gasteiger charge is 2.54. The summed E-state index contributed by atoms with van der Waals surface area (Å²) in [6, 6.07) is 11.6. The van der Waals surface area contributed by atoms with Crippen molar-refractivity contribution in [1.29, 1.82) is 0 Å². The normalized spacial score (nSPS) is 18.3. The second-order valence-electron chi connectivity index (χ2n) is 8.71. The van der Waals surface area contributed by atoms with E-state index in [-0.39, 0.29) is 29.9 Å². The van der Waals surface area contributed by atoms with Crippen molar-refractivity contribution in [3.63, 3.8) is 0 Å². The Kier molecular flexibility index (Phi) is 6.20. The predicted molar refractivity (Wildman–Crippen MR) is 127 cm³/mol. The summed E-state index contributed by atoms with van der Waals surface area (Å²) in [4.78, 5) is 39.1. The lowest BCUT2D eigenvalue weighted by molar-refractivity contribution is -0.134. The van der Waals surface area contributed by atoms with E-state index in [9.17, 15) is 14.4 Å². The van der Waals surface area contributed by atoms with Gasteiger partial charge < -0.3 is 24.4 Å². The first-order valence-corrected chi connectivity index (χ1v) is 11.8. The number of pyridine rings is 1. The smallest absolute Gasteiger partial charge is 0.337 e. The molecule has 4 heterocycles. The Balaban J connectivity index is 1.21. The number of amides is 2. The molecule has 1 N–H and O–H groups in total. The van der Waals surface area contributed by atoms with E-state index in [4.69, 9.17) is 9.47 Å². The first-order valence-electron chi connectivity index (χ1n) is 11.0. The van der Waals surface area contributed by atoms with E-state index in [1.165, 1.54) is 7.11 Å². The largest absolute Gasteiger partial charge is 0.484 e. The molecular weight excluding hydrogens is 520 g/mol. The van der Waals surface area contributed by atoms with Crippen molar-refractivity contribution in [3.8, 4) is 5.75 Å². The first kappa shape index (κ1) is 23.3. The topological polar surface area (TPSA) is 111 Å². The van der Waals surface area contributed by atoms with Gasteiger partial charge in [0.05, 0.1) is 42.9 Å². The number of carbonyl (C=O) groups is 3. The fraction of sp³-hybridized carbons (Fsp3) is 0.333. The Morgan fingerprint density at radius 2 is 1.97 bits per heavy atom. The van der Waals surface area contributed by atoms with Gasteiger partial charge in [0.25, 0.3) is 11.8 Å².